The lowest BCUT2D eigenvalue weighted by Crippen LogP contribution is -2.04. The molecule has 0 spiro atoms. The van der Waals surface area contributed by atoms with Crippen molar-refractivity contribution in [2.75, 3.05) is 0 Å². The van der Waals surface area contributed by atoms with Crippen molar-refractivity contribution >= 4 is 30.3 Å². The quantitative estimate of drug-likeness (QED) is 0.587. The Morgan fingerprint density at radius 3 is 2.70 bits per heavy atom. The molecular weight excluding hydrogens is 241 g/mol. The highest BCUT2D eigenvalue weighted by Gasteiger charge is 2.17. The van der Waals surface area contributed by atoms with Crippen LogP contribution in [0.3, 0.4) is 0 Å². The third-order valence-corrected chi connectivity index (χ3v) is 3.98. The van der Waals surface area contributed by atoms with Gasteiger partial charge >= 0.3 is 0 Å². The van der Waals surface area contributed by atoms with Crippen molar-refractivity contribution in [3.05, 3.63) is 65.9 Å². The predicted octanol–water partition coefficient (Wildman–Crippen LogP) is 3.38. The molecule has 0 fully saturated rings. The molecule has 2 aromatic carbocycles. The maximum atomic E-state index is 6.00. The molecule has 0 amide bonds. The standard InChI is InChI=1S/C18H14BN/c19-13-10-11-16-15-8-4-5-9-17(15)20(18(16)12-13)14-6-2-1-3-7-14/h1-4,6-8,10-12H,5,9H2. The van der Waals surface area contributed by atoms with Crippen LogP contribution in [0.25, 0.3) is 22.7 Å². The molecule has 1 nitrogen and oxygen atoms in total. The first kappa shape index (κ1) is 11.6. The van der Waals surface area contributed by atoms with Gasteiger partial charge in [0.15, 0.2) is 0 Å². The minimum atomic E-state index is 0.813. The molecule has 94 valence electrons. The molecule has 0 aliphatic heterocycles. The number of allylic oxidation sites excluding steroid dienone is 1. The maximum absolute atomic E-state index is 6.00. The van der Waals surface area contributed by atoms with E-state index in [4.69, 9.17) is 7.85 Å². The van der Waals surface area contributed by atoms with Crippen LogP contribution >= 0.6 is 0 Å². The molecule has 0 atom stereocenters. The minimum absolute atomic E-state index is 0.813. The van der Waals surface area contributed by atoms with Gasteiger partial charge in [0.2, 0.25) is 0 Å². The number of fused-ring (bicyclic) bond motifs is 3. The number of hydrogen-bond donors (Lipinski definition) is 0. The van der Waals surface area contributed by atoms with Crippen molar-refractivity contribution in [1.82, 2.24) is 4.57 Å². The summed E-state index contributed by atoms with van der Waals surface area (Å²) in [5.41, 5.74) is 5.95. The fourth-order valence-electron chi connectivity index (χ4n) is 3.11. The van der Waals surface area contributed by atoms with Gasteiger partial charge in [-0.2, -0.15) is 0 Å². The van der Waals surface area contributed by atoms with Crippen LogP contribution in [-0.4, -0.2) is 12.4 Å². The summed E-state index contributed by atoms with van der Waals surface area (Å²) in [6, 6.07) is 16.7. The first-order valence-electron chi connectivity index (χ1n) is 6.99. The van der Waals surface area contributed by atoms with Crippen molar-refractivity contribution in [3.8, 4) is 5.69 Å². The summed E-state index contributed by atoms with van der Waals surface area (Å²) in [6.07, 6.45) is 6.69. The van der Waals surface area contributed by atoms with Crippen LogP contribution in [0.15, 0.2) is 54.6 Å². The van der Waals surface area contributed by atoms with Gasteiger partial charge in [-0.25, -0.2) is 0 Å². The Labute approximate surface area is 120 Å². The topological polar surface area (TPSA) is 4.93 Å². The highest BCUT2D eigenvalue weighted by Crippen LogP contribution is 2.33. The second-order valence-electron chi connectivity index (χ2n) is 5.25. The number of para-hydroxylation sites is 1. The highest BCUT2D eigenvalue weighted by atomic mass is 15.0. The van der Waals surface area contributed by atoms with E-state index in [1.807, 2.05) is 6.07 Å². The van der Waals surface area contributed by atoms with E-state index in [1.54, 1.807) is 0 Å². The van der Waals surface area contributed by atoms with Gasteiger partial charge in [0, 0.05) is 22.3 Å². The van der Waals surface area contributed by atoms with Gasteiger partial charge in [0.25, 0.3) is 0 Å². The Hall–Kier alpha value is -2.22. The first-order valence-corrected chi connectivity index (χ1v) is 6.99. The summed E-state index contributed by atoms with van der Waals surface area (Å²) >= 11 is 0. The zero-order valence-electron chi connectivity index (χ0n) is 11.2. The van der Waals surface area contributed by atoms with E-state index in [-0.39, 0.29) is 0 Å². The molecule has 0 bridgehead atoms. The van der Waals surface area contributed by atoms with Crippen LogP contribution < -0.4 is 5.46 Å². The van der Waals surface area contributed by atoms with Crippen LogP contribution in [0.1, 0.15) is 17.7 Å². The van der Waals surface area contributed by atoms with Crippen LogP contribution in [0.5, 0.6) is 0 Å². The second-order valence-corrected chi connectivity index (χ2v) is 5.25. The molecule has 1 aliphatic carbocycles. The smallest absolute Gasteiger partial charge is 0.113 e. The van der Waals surface area contributed by atoms with E-state index in [0.717, 1.165) is 18.3 Å². The monoisotopic (exact) mass is 255 g/mol. The van der Waals surface area contributed by atoms with Gasteiger partial charge in [-0.15, -0.1) is 0 Å². The summed E-state index contributed by atoms with van der Waals surface area (Å²) in [5, 5.41) is 1.29. The number of rotatable bonds is 1. The minimum Gasteiger partial charge on any atom is -0.313 e. The molecule has 2 radical (unpaired) electrons. The summed E-state index contributed by atoms with van der Waals surface area (Å²) in [4.78, 5) is 0. The molecule has 3 aromatic rings. The Kier molecular flexibility index (Phi) is 2.56. The van der Waals surface area contributed by atoms with Gasteiger partial charge < -0.3 is 4.57 Å². The van der Waals surface area contributed by atoms with Crippen LogP contribution in [0, 0.1) is 0 Å². The molecule has 0 unspecified atom stereocenters. The lowest BCUT2D eigenvalue weighted by Gasteiger charge is -2.13. The number of nitrogens with zero attached hydrogens (tertiary/aromatic N) is 1. The van der Waals surface area contributed by atoms with E-state index in [1.165, 1.54) is 27.8 Å². The molecule has 0 N–H and O–H groups in total. The molecule has 1 heterocycles. The molecule has 0 saturated carbocycles. The van der Waals surface area contributed by atoms with Gasteiger partial charge in [0.1, 0.15) is 7.85 Å². The normalized spacial score (nSPS) is 13.6. The Balaban J connectivity index is 2.13. The van der Waals surface area contributed by atoms with Crippen molar-refractivity contribution in [3.63, 3.8) is 0 Å². The van der Waals surface area contributed by atoms with Crippen molar-refractivity contribution < 1.29 is 0 Å². The molecule has 0 saturated heterocycles. The van der Waals surface area contributed by atoms with E-state index in [2.05, 4.69) is 59.2 Å². The Morgan fingerprint density at radius 1 is 1.00 bits per heavy atom. The number of hydrogen-bond acceptors (Lipinski definition) is 0. The lowest BCUT2D eigenvalue weighted by atomic mass is 9.94. The van der Waals surface area contributed by atoms with Crippen LogP contribution in [-0.2, 0) is 6.42 Å². The average Bonchev–Trinajstić information content (AvgIpc) is 2.81. The van der Waals surface area contributed by atoms with E-state index < -0.39 is 0 Å². The first-order chi connectivity index (χ1) is 9.84. The molecular formula is C18H14BN. The summed E-state index contributed by atoms with van der Waals surface area (Å²) in [7, 11) is 6.00. The Bertz CT molecular complexity index is 812. The molecule has 4 rings (SSSR count). The van der Waals surface area contributed by atoms with Gasteiger partial charge in [-0.3, -0.25) is 0 Å². The maximum Gasteiger partial charge on any atom is 0.113 e. The van der Waals surface area contributed by atoms with E-state index >= 15 is 0 Å². The zero-order valence-corrected chi connectivity index (χ0v) is 11.2. The summed E-state index contributed by atoms with van der Waals surface area (Å²) in [5.74, 6) is 0. The summed E-state index contributed by atoms with van der Waals surface area (Å²) < 4.78 is 2.35. The molecule has 1 aliphatic rings. The summed E-state index contributed by atoms with van der Waals surface area (Å²) in [6.45, 7) is 0. The largest absolute Gasteiger partial charge is 0.313 e. The van der Waals surface area contributed by atoms with E-state index in [0.29, 0.717) is 0 Å². The highest BCUT2D eigenvalue weighted by molar-refractivity contribution is 6.33. The third kappa shape index (κ3) is 1.65. The fraction of sp³-hybridized carbons (Fsp3) is 0.111. The second kappa shape index (κ2) is 4.41. The molecule has 2 heteroatoms. The van der Waals surface area contributed by atoms with Crippen molar-refractivity contribution in [2.24, 2.45) is 0 Å². The fourth-order valence-corrected chi connectivity index (χ4v) is 3.11. The molecule has 20 heavy (non-hydrogen) atoms. The van der Waals surface area contributed by atoms with Gasteiger partial charge in [-0.05, 0) is 31.0 Å². The van der Waals surface area contributed by atoms with Gasteiger partial charge in [-0.1, -0.05) is 47.9 Å². The van der Waals surface area contributed by atoms with Gasteiger partial charge in [0.05, 0.1) is 5.52 Å². The lowest BCUT2D eigenvalue weighted by molar-refractivity contribution is 0.889. The van der Waals surface area contributed by atoms with Crippen molar-refractivity contribution in [1.29, 1.82) is 0 Å². The number of aromatic nitrogens is 1. The molecule has 1 aromatic heterocycles. The third-order valence-electron chi connectivity index (χ3n) is 3.98. The average molecular weight is 255 g/mol. The predicted molar refractivity (Wildman–Crippen MR) is 86.0 cm³/mol. The van der Waals surface area contributed by atoms with Crippen LogP contribution in [0.2, 0.25) is 0 Å². The number of benzene rings is 2. The van der Waals surface area contributed by atoms with E-state index in [9.17, 15) is 0 Å². The zero-order chi connectivity index (χ0) is 13.5. The Morgan fingerprint density at radius 2 is 1.85 bits per heavy atom. The van der Waals surface area contributed by atoms with Crippen LogP contribution in [0.4, 0.5) is 0 Å². The SMILES string of the molecule is [B]c1ccc2c3c(n(-c4ccccc4)c2c1)CCC=C3. The van der Waals surface area contributed by atoms with Crippen molar-refractivity contribution in [2.45, 2.75) is 12.8 Å².